The van der Waals surface area contributed by atoms with Crippen molar-refractivity contribution in [3.8, 4) is 0 Å². The van der Waals surface area contributed by atoms with Gasteiger partial charge in [0.05, 0.1) is 12.5 Å². The van der Waals surface area contributed by atoms with E-state index in [0.717, 1.165) is 4.90 Å². The largest absolute Gasteiger partial charge is 0.467 e. The van der Waals surface area contributed by atoms with Crippen molar-refractivity contribution in [3.05, 3.63) is 0 Å². The van der Waals surface area contributed by atoms with Gasteiger partial charge in [-0.2, -0.15) is 0 Å². The number of nitrogens with zero attached hydrogens (tertiary/aromatic N) is 1. The molecule has 1 aliphatic heterocycles. The van der Waals surface area contributed by atoms with Gasteiger partial charge in [-0.05, 0) is 40.0 Å². The fraction of sp³-hybridized carbons (Fsp3) is 0.800. The lowest BCUT2D eigenvalue weighted by Gasteiger charge is -2.27. The summed E-state index contributed by atoms with van der Waals surface area (Å²) in [5, 5.41) is 0. The minimum atomic E-state index is -0.905. The lowest BCUT2D eigenvalue weighted by molar-refractivity contribution is -0.149. The first-order valence-electron chi connectivity index (χ1n) is 7.26. The molecule has 2 amide bonds. The van der Waals surface area contributed by atoms with E-state index in [1.54, 1.807) is 20.8 Å². The average molecular weight is 299 g/mol. The van der Waals surface area contributed by atoms with E-state index in [2.05, 4.69) is 0 Å². The number of hydrogen-bond acceptors (Lipinski definition) is 5. The van der Waals surface area contributed by atoms with Crippen molar-refractivity contribution in [3.63, 3.8) is 0 Å². The summed E-state index contributed by atoms with van der Waals surface area (Å²) in [6, 6.07) is -0.905. The summed E-state index contributed by atoms with van der Waals surface area (Å²) >= 11 is 0. The first-order chi connectivity index (χ1) is 9.61. The molecular formula is C15H25NO5. The van der Waals surface area contributed by atoms with Crippen LogP contribution in [0, 0.1) is 5.41 Å². The van der Waals surface area contributed by atoms with E-state index < -0.39 is 29.1 Å². The van der Waals surface area contributed by atoms with Crippen LogP contribution in [0.3, 0.4) is 0 Å². The molecule has 120 valence electrons. The summed E-state index contributed by atoms with van der Waals surface area (Å²) in [5.41, 5.74) is -1.43. The maximum Gasteiger partial charge on any atom is 0.417 e. The molecule has 0 saturated carbocycles. The van der Waals surface area contributed by atoms with Crippen LogP contribution in [0.1, 0.15) is 53.9 Å². The van der Waals surface area contributed by atoms with Crippen molar-refractivity contribution in [2.24, 2.45) is 5.41 Å². The smallest absolute Gasteiger partial charge is 0.417 e. The fourth-order valence-corrected chi connectivity index (χ4v) is 2.63. The number of ether oxygens (including phenoxy) is 2. The predicted octanol–water partition coefficient (Wildman–Crippen LogP) is 2.50. The molecule has 0 bridgehead atoms. The Hall–Kier alpha value is -1.59. The second-order valence-corrected chi connectivity index (χ2v) is 6.39. The Kier molecular flexibility index (Phi) is 5.02. The summed E-state index contributed by atoms with van der Waals surface area (Å²) in [6.45, 7) is 8.91. The molecule has 21 heavy (non-hydrogen) atoms. The van der Waals surface area contributed by atoms with Crippen molar-refractivity contribution in [2.45, 2.75) is 65.5 Å². The summed E-state index contributed by atoms with van der Waals surface area (Å²) in [7, 11) is 1.25. The van der Waals surface area contributed by atoms with Crippen LogP contribution in [0.2, 0.25) is 0 Å². The van der Waals surface area contributed by atoms with E-state index in [0.29, 0.717) is 12.8 Å². The third-order valence-corrected chi connectivity index (χ3v) is 3.99. The summed E-state index contributed by atoms with van der Waals surface area (Å²) in [5.74, 6) is -0.935. The molecule has 1 rings (SSSR count). The number of carbonyl (C=O) groups excluding carboxylic acids is 3. The average Bonchev–Trinajstić information content (AvgIpc) is 2.69. The van der Waals surface area contributed by atoms with Gasteiger partial charge in [-0.1, -0.05) is 13.8 Å². The van der Waals surface area contributed by atoms with E-state index in [1.807, 2.05) is 13.8 Å². The van der Waals surface area contributed by atoms with Crippen LogP contribution in [0.5, 0.6) is 0 Å². The molecular weight excluding hydrogens is 274 g/mol. The highest BCUT2D eigenvalue weighted by molar-refractivity contribution is 6.02. The van der Waals surface area contributed by atoms with Crippen LogP contribution < -0.4 is 0 Å². The minimum absolute atomic E-state index is 0.282. The molecule has 6 nitrogen and oxygen atoms in total. The van der Waals surface area contributed by atoms with Gasteiger partial charge in [0.1, 0.15) is 11.6 Å². The highest BCUT2D eigenvalue weighted by Crippen LogP contribution is 2.42. The molecule has 6 heteroatoms. The van der Waals surface area contributed by atoms with Crippen LogP contribution in [-0.2, 0) is 19.1 Å². The third kappa shape index (κ3) is 3.36. The van der Waals surface area contributed by atoms with Gasteiger partial charge in [-0.15, -0.1) is 0 Å². The summed E-state index contributed by atoms with van der Waals surface area (Å²) in [4.78, 5) is 37.8. The first-order valence-corrected chi connectivity index (χ1v) is 7.26. The van der Waals surface area contributed by atoms with Gasteiger partial charge in [0.15, 0.2) is 0 Å². The Morgan fingerprint density at radius 3 is 2.19 bits per heavy atom. The van der Waals surface area contributed by atoms with Gasteiger partial charge in [0, 0.05) is 0 Å². The van der Waals surface area contributed by atoms with E-state index in [4.69, 9.17) is 9.47 Å². The SMILES string of the molecule is CCC1(CC)C[C@@H](C(=O)OC)N(C(=O)OC(C)(C)C)C1=O. The number of amides is 2. The van der Waals surface area contributed by atoms with Crippen molar-refractivity contribution >= 4 is 18.0 Å². The molecule has 1 heterocycles. The third-order valence-electron chi connectivity index (χ3n) is 3.99. The number of imide groups is 1. The molecule has 1 saturated heterocycles. The number of carbonyl (C=O) groups is 3. The Morgan fingerprint density at radius 1 is 1.29 bits per heavy atom. The number of methoxy groups -OCH3 is 1. The van der Waals surface area contributed by atoms with Crippen molar-refractivity contribution < 1.29 is 23.9 Å². The quantitative estimate of drug-likeness (QED) is 0.749. The fourth-order valence-electron chi connectivity index (χ4n) is 2.63. The van der Waals surface area contributed by atoms with Crippen LogP contribution in [-0.4, -0.2) is 41.6 Å². The number of rotatable bonds is 3. The Balaban J connectivity index is 3.15. The Labute approximate surface area is 125 Å². The minimum Gasteiger partial charge on any atom is -0.467 e. The normalized spacial score (nSPS) is 21.3. The second-order valence-electron chi connectivity index (χ2n) is 6.39. The van der Waals surface area contributed by atoms with Crippen LogP contribution in [0.15, 0.2) is 0 Å². The zero-order chi connectivity index (χ0) is 16.4. The molecule has 1 aliphatic rings. The molecule has 0 unspecified atom stereocenters. The summed E-state index contributed by atoms with van der Waals surface area (Å²) < 4.78 is 9.99. The molecule has 0 aromatic carbocycles. The van der Waals surface area contributed by atoms with Crippen LogP contribution >= 0.6 is 0 Å². The number of likely N-dealkylation sites (tertiary alicyclic amines) is 1. The molecule has 0 spiro atoms. The highest BCUT2D eigenvalue weighted by Gasteiger charge is 2.55. The van der Waals surface area contributed by atoms with Crippen molar-refractivity contribution in [2.75, 3.05) is 7.11 Å². The molecule has 0 N–H and O–H groups in total. The number of hydrogen-bond donors (Lipinski definition) is 0. The zero-order valence-electron chi connectivity index (χ0n) is 13.7. The molecule has 0 radical (unpaired) electrons. The molecule has 0 aromatic rings. The van der Waals surface area contributed by atoms with Gasteiger partial charge in [0.2, 0.25) is 5.91 Å². The molecule has 0 aromatic heterocycles. The topological polar surface area (TPSA) is 72.9 Å². The Morgan fingerprint density at radius 2 is 1.81 bits per heavy atom. The number of esters is 1. The van der Waals surface area contributed by atoms with Gasteiger partial charge >= 0.3 is 12.1 Å². The second kappa shape index (κ2) is 6.03. The molecule has 1 atom stereocenters. The monoisotopic (exact) mass is 299 g/mol. The van der Waals surface area contributed by atoms with E-state index in [1.165, 1.54) is 7.11 Å². The molecule has 1 fully saturated rings. The zero-order valence-corrected chi connectivity index (χ0v) is 13.7. The van der Waals surface area contributed by atoms with Crippen LogP contribution in [0.25, 0.3) is 0 Å². The first kappa shape index (κ1) is 17.5. The maximum atomic E-state index is 12.7. The van der Waals surface area contributed by atoms with Crippen molar-refractivity contribution in [1.29, 1.82) is 0 Å². The van der Waals surface area contributed by atoms with E-state index in [9.17, 15) is 14.4 Å². The lowest BCUT2D eigenvalue weighted by Crippen LogP contribution is -2.46. The predicted molar refractivity (Wildman–Crippen MR) is 76.5 cm³/mol. The van der Waals surface area contributed by atoms with Gasteiger partial charge in [0.25, 0.3) is 0 Å². The van der Waals surface area contributed by atoms with Gasteiger partial charge in [-0.3, -0.25) is 4.79 Å². The van der Waals surface area contributed by atoms with Gasteiger partial charge in [-0.25, -0.2) is 14.5 Å². The standard InChI is InChI=1S/C15H25NO5/c1-7-15(8-2)9-10(11(17)20-6)16(12(15)18)13(19)21-14(3,4)5/h10H,7-9H2,1-6H3/t10-/m0/s1. The maximum absolute atomic E-state index is 12.7. The van der Waals surface area contributed by atoms with Gasteiger partial charge < -0.3 is 9.47 Å². The highest BCUT2D eigenvalue weighted by atomic mass is 16.6. The molecule has 0 aliphatic carbocycles. The van der Waals surface area contributed by atoms with Crippen molar-refractivity contribution in [1.82, 2.24) is 4.90 Å². The Bertz CT molecular complexity index is 434. The summed E-state index contributed by atoms with van der Waals surface area (Å²) in [6.07, 6.45) is 0.626. The lowest BCUT2D eigenvalue weighted by atomic mass is 9.79. The van der Waals surface area contributed by atoms with E-state index in [-0.39, 0.29) is 12.3 Å². The van der Waals surface area contributed by atoms with Crippen LogP contribution in [0.4, 0.5) is 4.79 Å². The van der Waals surface area contributed by atoms with E-state index >= 15 is 0 Å².